The molecule has 0 aliphatic carbocycles. The Kier molecular flexibility index (Phi) is 3.31. The number of nitrogens with zero attached hydrogens (tertiary/aromatic N) is 2. The summed E-state index contributed by atoms with van der Waals surface area (Å²) in [6.45, 7) is 9.32. The summed E-state index contributed by atoms with van der Waals surface area (Å²) in [7, 11) is -4.01. The van der Waals surface area contributed by atoms with E-state index in [1.807, 2.05) is 27.7 Å². The monoisotopic (exact) mass is 286 g/mol. The highest BCUT2D eigenvalue weighted by Crippen LogP contribution is 2.36. The maximum absolute atomic E-state index is 11.7. The molecule has 0 bridgehead atoms. The summed E-state index contributed by atoms with van der Waals surface area (Å²) in [4.78, 5) is 0. The van der Waals surface area contributed by atoms with Crippen LogP contribution >= 0.6 is 0 Å². The van der Waals surface area contributed by atoms with E-state index < -0.39 is 28.3 Å². The molecule has 0 aromatic carbocycles. The molecule has 1 fully saturated rings. The van der Waals surface area contributed by atoms with Gasteiger partial charge in [-0.15, -0.1) is 0 Å². The van der Waals surface area contributed by atoms with Gasteiger partial charge in [-0.25, -0.2) is 8.42 Å². The van der Waals surface area contributed by atoms with Crippen molar-refractivity contribution in [2.75, 3.05) is 5.75 Å². The van der Waals surface area contributed by atoms with Gasteiger partial charge in [-0.1, -0.05) is 0 Å². The Hall–Kier alpha value is -0.855. The van der Waals surface area contributed by atoms with Crippen LogP contribution in [0.1, 0.15) is 34.6 Å². The molecule has 0 amide bonds. The first-order valence-corrected chi connectivity index (χ1v) is 7.84. The van der Waals surface area contributed by atoms with Crippen LogP contribution in [0.2, 0.25) is 0 Å². The second-order valence-electron chi connectivity index (χ2n) is 5.60. The molecule has 0 spiro atoms. The van der Waals surface area contributed by atoms with Crippen LogP contribution in [0, 0.1) is 0 Å². The molecule has 0 radical (unpaired) electrons. The first-order chi connectivity index (χ1) is 8.59. The van der Waals surface area contributed by atoms with Gasteiger partial charge in [-0.05, 0) is 40.7 Å². The quantitative estimate of drug-likeness (QED) is 0.751. The Bertz CT molecular complexity index is 563. The van der Waals surface area contributed by atoms with Crippen molar-refractivity contribution in [1.82, 2.24) is 9.19 Å². The van der Waals surface area contributed by atoms with E-state index in [2.05, 4.69) is 5.10 Å². The summed E-state index contributed by atoms with van der Waals surface area (Å²) in [6, 6.07) is 1.61. The molecule has 8 heteroatoms. The summed E-state index contributed by atoms with van der Waals surface area (Å²) in [6.07, 6.45) is 1.42. The third kappa shape index (κ3) is 2.44. The molecule has 19 heavy (non-hydrogen) atoms. The first kappa shape index (κ1) is 14.6. The van der Waals surface area contributed by atoms with Crippen LogP contribution < -0.4 is 5.59 Å². The molecule has 0 N–H and O–H groups in total. The fraction of sp³-hybridized carbons (Fsp3) is 0.727. The van der Waals surface area contributed by atoms with Gasteiger partial charge in [0.1, 0.15) is 0 Å². The summed E-state index contributed by atoms with van der Waals surface area (Å²) >= 11 is 0. The van der Waals surface area contributed by atoms with E-state index in [0.29, 0.717) is 5.59 Å². The van der Waals surface area contributed by atoms with Crippen LogP contribution in [-0.4, -0.2) is 41.7 Å². The third-order valence-electron chi connectivity index (χ3n) is 3.73. The lowest BCUT2D eigenvalue weighted by Gasteiger charge is -2.32. The predicted molar refractivity (Wildman–Crippen MR) is 72.8 cm³/mol. The average molecular weight is 286 g/mol. The summed E-state index contributed by atoms with van der Waals surface area (Å²) in [5.41, 5.74) is -0.466. The Balaban J connectivity index is 2.27. The zero-order valence-electron chi connectivity index (χ0n) is 11.9. The Morgan fingerprint density at radius 1 is 1.26 bits per heavy atom. The van der Waals surface area contributed by atoms with E-state index in [9.17, 15) is 8.42 Å². The van der Waals surface area contributed by atoms with Gasteiger partial charge in [0.15, 0.2) is 0 Å². The molecule has 1 aliphatic rings. The molecule has 1 aromatic heterocycles. The Morgan fingerprint density at radius 2 is 1.79 bits per heavy atom. The Morgan fingerprint density at radius 3 is 2.26 bits per heavy atom. The molecule has 6 nitrogen and oxygen atoms in total. The van der Waals surface area contributed by atoms with Crippen molar-refractivity contribution < 1.29 is 17.7 Å². The van der Waals surface area contributed by atoms with Gasteiger partial charge < -0.3 is 9.31 Å². The van der Waals surface area contributed by atoms with Crippen LogP contribution in [0.4, 0.5) is 0 Å². The number of rotatable bonds is 3. The lowest BCUT2D eigenvalue weighted by atomic mass is 9.85. The van der Waals surface area contributed by atoms with Crippen molar-refractivity contribution in [2.24, 2.45) is 0 Å². The molecule has 106 valence electrons. The zero-order valence-corrected chi connectivity index (χ0v) is 12.7. The molecule has 1 aromatic rings. The van der Waals surface area contributed by atoms with Gasteiger partial charge in [0, 0.05) is 6.20 Å². The smallest absolute Gasteiger partial charge is 0.398 e. The molecule has 0 unspecified atom stereocenters. The number of aromatic nitrogens is 2. The second-order valence-corrected chi connectivity index (χ2v) is 7.72. The van der Waals surface area contributed by atoms with Gasteiger partial charge in [-0.3, -0.25) is 0 Å². The maximum Gasteiger partial charge on any atom is 0.516 e. The predicted octanol–water partition coefficient (Wildman–Crippen LogP) is 0.380. The molecule has 0 saturated carbocycles. The maximum atomic E-state index is 11.7. The molecule has 1 aliphatic heterocycles. The number of hydrogen-bond acceptors (Lipinski definition) is 5. The van der Waals surface area contributed by atoms with Crippen LogP contribution in [0.15, 0.2) is 12.3 Å². The topological polar surface area (TPSA) is 70.4 Å². The van der Waals surface area contributed by atoms with Gasteiger partial charge >= 0.3 is 7.12 Å². The van der Waals surface area contributed by atoms with E-state index in [-0.39, 0.29) is 5.75 Å². The highest BCUT2D eigenvalue weighted by Gasteiger charge is 2.52. The summed E-state index contributed by atoms with van der Waals surface area (Å²) in [5, 5.41) is 4.04. The highest BCUT2D eigenvalue weighted by molar-refractivity contribution is 7.89. The van der Waals surface area contributed by atoms with Gasteiger partial charge in [0.2, 0.25) is 0 Å². The Labute approximate surface area is 114 Å². The fourth-order valence-electron chi connectivity index (χ4n) is 1.70. The minimum atomic E-state index is -3.37. The average Bonchev–Trinajstić information content (AvgIpc) is 2.83. The van der Waals surface area contributed by atoms with Crippen LogP contribution in [0.25, 0.3) is 0 Å². The van der Waals surface area contributed by atoms with Crippen molar-refractivity contribution in [3.8, 4) is 0 Å². The minimum absolute atomic E-state index is 0.00249. The van der Waals surface area contributed by atoms with E-state index in [4.69, 9.17) is 9.31 Å². The normalized spacial score (nSPS) is 21.8. The molecule has 0 atom stereocenters. The first-order valence-electron chi connectivity index (χ1n) is 6.23. The van der Waals surface area contributed by atoms with E-state index >= 15 is 0 Å². The van der Waals surface area contributed by atoms with Gasteiger partial charge in [-0.2, -0.15) is 9.19 Å². The van der Waals surface area contributed by atoms with Crippen LogP contribution in [0.5, 0.6) is 0 Å². The lowest BCUT2D eigenvalue weighted by molar-refractivity contribution is 0.00578. The fourth-order valence-corrected chi connectivity index (χ4v) is 2.43. The van der Waals surface area contributed by atoms with Crippen LogP contribution in [0.3, 0.4) is 0 Å². The van der Waals surface area contributed by atoms with Crippen molar-refractivity contribution in [3.63, 3.8) is 0 Å². The number of hydrogen-bond donors (Lipinski definition) is 0. The van der Waals surface area contributed by atoms with Crippen molar-refractivity contribution >= 4 is 22.7 Å². The van der Waals surface area contributed by atoms with Crippen molar-refractivity contribution in [1.29, 1.82) is 0 Å². The molecule has 2 heterocycles. The second kappa shape index (κ2) is 4.32. The SMILES string of the molecule is CCS(=O)(=O)n1ccc(B2OC(C)(C)C(C)(C)O2)n1. The van der Waals surface area contributed by atoms with Crippen molar-refractivity contribution in [2.45, 2.75) is 45.8 Å². The zero-order chi connectivity index (χ0) is 14.5. The molecular weight excluding hydrogens is 267 g/mol. The van der Waals surface area contributed by atoms with Gasteiger partial charge in [0.05, 0.1) is 22.5 Å². The van der Waals surface area contributed by atoms with E-state index in [1.165, 1.54) is 6.20 Å². The van der Waals surface area contributed by atoms with Gasteiger partial charge in [0.25, 0.3) is 10.0 Å². The minimum Gasteiger partial charge on any atom is -0.398 e. The summed E-state index contributed by atoms with van der Waals surface area (Å²) < 4.78 is 36.0. The van der Waals surface area contributed by atoms with Crippen LogP contribution in [-0.2, 0) is 19.3 Å². The largest absolute Gasteiger partial charge is 0.516 e. The van der Waals surface area contributed by atoms with Crippen molar-refractivity contribution in [3.05, 3.63) is 12.3 Å². The standard InChI is InChI=1S/C11H19BN2O4S/c1-6-19(15,16)14-8-7-9(13-14)12-17-10(2,3)11(4,5)18-12/h7-8H,6H2,1-5H3. The van der Waals surface area contributed by atoms with E-state index in [1.54, 1.807) is 13.0 Å². The summed E-state index contributed by atoms with van der Waals surface area (Å²) in [5.74, 6) is -0.00249. The third-order valence-corrected chi connectivity index (χ3v) is 5.23. The molecule has 2 rings (SSSR count). The lowest BCUT2D eigenvalue weighted by Crippen LogP contribution is -2.41. The molecular formula is C11H19BN2O4S. The molecule has 1 saturated heterocycles. The highest BCUT2D eigenvalue weighted by atomic mass is 32.2. The van der Waals surface area contributed by atoms with E-state index in [0.717, 1.165) is 4.09 Å².